The molecule has 1 fully saturated rings. The molecule has 3 aromatic carbocycles. The highest BCUT2D eigenvalue weighted by molar-refractivity contribution is 6.03. The summed E-state index contributed by atoms with van der Waals surface area (Å²) >= 11 is 0. The topological polar surface area (TPSA) is 45.0 Å². The molecular weight excluding hydrogens is 454 g/mol. The Kier molecular flexibility index (Phi) is 7.45. The summed E-state index contributed by atoms with van der Waals surface area (Å²) < 4.78 is 0. The van der Waals surface area contributed by atoms with Gasteiger partial charge in [0, 0.05) is 25.1 Å². The lowest BCUT2D eigenvalue weighted by Crippen LogP contribution is -2.30. The van der Waals surface area contributed by atoms with Crippen LogP contribution in [0.25, 0.3) is 6.08 Å². The fourth-order valence-corrected chi connectivity index (χ4v) is 5.22. The lowest BCUT2D eigenvalue weighted by molar-refractivity contribution is -0.122. The number of nitrogens with zero attached hydrogens (tertiary/aromatic N) is 3. The third kappa shape index (κ3) is 5.80. The zero-order valence-electron chi connectivity index (χ0n) is 22.0. The highest BCUT2D eigenvalue weighted by Crippen LogP contribution is 2.35. The number of hydrazone groups is 1. The molecule has 0 bridgehead atoms. The fourth-order valence-electron chi connectivity index (χ4n) is 5.22. The maximum atomic E-state index is 13.0. The van der Waals surface area contributed by atoms with Gasteiger partial charge in [0.1, 0.15) is 0 Å². The SMILES string of the molecule is CC1CCC(C(C)C)C(=O)/C1=C\c1ccc(N=Cc2ccc(N3CCC(c4ccccc4)=N3)cc2)cc1. The van der Waals surface area contributed by atoms with Crippen LogP contribution in [0.15, 0.2) is 94.5 Å². The second-order valence-corrected chi connectivity index (χ2v) is 10.5. The first-order chi connectivity index (χ1) is 18.0. The number of hydrogen-bond donors (Lipinski definition) is 0. The number of carbonyl (C=O) groups excluding carboxylic acids is 1. The van der Waals surface area contributed by atoms with Crippen molar-refractivity contribution in [2.24, 2.45) is 27.8 Å². The van der Waals surface area contributed by atoms with Crippen molar-refractivity contribution in [3.8, 4) is 0 Å². The molecule has 5 rings (SSSR count). The molecule has 1 heterocycles. The van der Waals surface area contributed by atoms with Crippen LogP contribution >= 0.6 is 0 Å². The van der Waals surface area contributed by atoms with Crippen LogP contribution in [0.1, 0.15) is 56.7 Å². The Hall–Kier alpha value is -3.79. The summed E-state index contributed by atoms with van der Waals surface area (Å²) in [6.45, 7) is 7.36. The van der Waals surface area contributed by atoms with Crippen LogP contribution < -0.4 is 5.01 Å². The minimum Gasteiger partial charge on any atom is -0.294 e. The molecule has 188 valence electrons. The number of rotatable bonds is 6. The van der Waals surface area contributed by atoms with Crippen LogP contribution in [0.3, 0.4) is 0 Å². The van der Waals surface area contributed by atoms with E-state index in [9.17, 15) is 4.79 Å². The Morgan fingerprint density at radius 3 is 2.32 bits per heavy atom. The number of benzene rings is 3. The number of ketones is 1. The maximum absolute atomic E-state index is 13.0. The first-order valence-corrected chi connectivity index (χ1v) is 13.4. The highest BCUT2D eigenvalue weighted by atomic mass is 16.1. The largest absolute Gasteiger partial charge is 0.294 e. The van der Waals surface area contributed by atoms with Gasteiger partial charge in [0.05, 0.1) is 17.1 Å². The normalized spacial score (nSPS) is 21.3. The van der Waals surface area contributed by atoms with E-state index in [1.165, 1.54) is 5.56 Å². The van der Waals surface area contributed by atoms with Crippen LogP contribution in [-0.2, 0) is 4.79 Å². The molecule has 3 aromatic rings. The lowest BCUT2D eigenvalue weighted by atomic mass is 9.73. The smallest absolute Gasteiger partial charge is 0.162 e. The number of carbonyl (C=O) groups is 1. The van der Waals surface area contributed by atoms with Crippen LogP contribution in [-0.4, -0.2) is 24.3 Å². The van der Waals surface area contributed by atoms with Crippen LogP contribution in [0, 0.1) is 17.8 Å². The number of aliphatic imine (C=N–C) groups is 1. The molecule has 0 spiro atoms. The first-order valence-electron chi connectivity index (χ1n) is 13.4. The fraction of sp³-hybridized carbons (Fsp3) is 0.303. The standard InChI is InChI=1S/C33H35N3O/c1-23(2)30-18-9-24(3)31(33(30)37)21-25-10-14-28(15-11-25)34-22-26-12-16-29(17-13-26)36-20-19-32(35-36)27-7-5-4-6-8-27/h4-8,10-17,21-24,30H,9,18-20H2,1-3H3/b31-21-,34-22?. The quantitative estimate of drug-likeness (QED) is 0.263. The molecule has 4 nitrogen and oxygen atoms in total. The highest BCUT2D eigenvalue weighted by Gasteiger charge is 2.32. The Bertz CT molecular complexity index is 1320. The predicted molar refractivity (Wildman–Crippen MR) is 155 cm³/mol. The van der Waals surface area contributed by atoms with Crippen LogP contribution in [0.5, 0.6) is 0 Å². The minimum absolute atomic E-state index is 0.154. The number of anilines is 1. The summed E-state index contributed by atoms with van der Waals surface area (Å²) in [5.41, 5.74) is 7.38. The minimum atomic E-state index is 0.154. The summed E-state index contributed by atoms with van der Waals surface area (Å²) in [6.07, 6.45) is 7.01. The average molecular weight is 490 g/mol. The third-order valence-corrected chi connectivity index (χ3v) is 7.55. The molecule has 1 saturated carbocycles. The van der Waals surface area contributed by atoms with Gasteiger partial charge in [-0.1, -0.05) is 75.4 Å². The summed E-state index contributed by atoms with van der Waals surface area (Å²) in [7, 11) is 0. The van der Waals surface area contributed by atoms with E-state index in [4.69, 9.17) is 5.10 Å². The van der Waals surface area contributed by atoms with Gasteiger partial charge in [-0.25, -0.2) is 0 Å². The molecule has 2 aliphatic rings. The second-order valence-electron chi connectivity index (χ2n) is 10.5. The maximum Gasteiger partial charge on any atom is 0.162 e. The summed E-state index contributed by atoms with van der Waals surface area (Å²) in [6, 6.07) is 26.9. The molecule has 0 amide bonds. The van der Waals surface area contributed by atoms with Gasteiger partial charge >= 0.3 is 0 Å². The van der Waals surface area contributed by atoms with E-state index in [1.54, 1.807) is 0 Å². The Morgan fingerprint density at radius 2 is 1.62 bits per heavy atom. The zero-order valence-corrected chi connectivity index (χ0v) is 22.0. The van der Waals surface area contributed by atoms with E-state index in [0.29, 0.717) is 17.6 Å². The molecule has 2 atom stereocenters. The molecule has 1 aliphatic carbocycles. The predicted octanol–water partition coefficient (Wildman–Crippen LogP) is 7.71. The van der Waals surface area contributed by atoms with Gasteiger partial charge < -0.3 is 0 Å². The summed E-state index contributed by atoms with van der Waals surface area (Å²) in [5, 5.41) is 6.88. The van der Waals surface area contributed by atoms with Gasteiger partial charge in [0.15, 0.2) is 5.78 Å². The van der Waals surface area contributed by atoms with Crippen molar-refractivity contribution in [3.05, 3.63) is 101 Å². The molecule has 2 unspecified atom stereocenters. The molecule has 1 aliphatic heterocycles. The van der Waals surface area contributed by atoms with E-state index in [-0.39, 0.29) is 5.92 Å². The van der Waals surface area contributed by atoms with Crippen LogP contribution in [0.4, 0.5) is 11.4 Å². The Balaban J connectivity index is 1.23. The van der Waals surface area contributed by atoms with Crippen molar-refractivity contribution < 1.29 is 4.79 Å². The van der Waals surface area contributed by atoms with Gasteiger partial charge in [0.2, 0.25) is 0 Å². The van der Waals surface area contributed by atoms with E-state index in [0.717, 1.165) is 59.6 Å². The average Bonchev–Trinajstić information content (AvgIpc) is 3.42. The molecule has 0 aromatic heterocycles. The summed E-state index contributed by atoms with van der Waals surface area (Å²) in [5.74, 6) is 1.19. The molecule has 37 heavy (non-hydrogen) atoms. The van der Waals surface area contributed by atoms with E-state index < -0.39 is 0 Å². The lowest BCUT2D eigenvalue weighted by Gasteiger charge is -2.30. The van der Waals surface area contributed by atoms with Crippen molar-refractivity contribution in [3.63, 3.8) is 0 Å². The first kappa shape index (κ1) is 24.9. The van der Waals surface area contributed by atoms with E-state index in [2.05, 4.69) is 97.5 Å². The number of Topliss-reactive ketones (excluding diaryl/α,β-unsaturated/α-hetero) is 1. The van der Waals surface area contributed by atoms with Crippen molar-refractivity contribution >= 4 is 35.2 Å². The Labute approximate surface area is 220 Å². The van der Waals surface area contributed by atoms with E-state index in [1.807, 2.05) is 24.4 Å². The third-order valence-electron chi connectivity index (χ3n) is 7.55. The summed E-state index contributed by atoms with van der Waals surface area (Å²) in [4.78, 5) is 17.6. The van der Waals surface area contributed by atoms with Crippen molar-refractivity contribution in [2.45, 2.75) is 40.0 Å². The van der Waals surface area contributed by atoms with Gasteiger partial charge in [-0.05, 0) is 77.3 Å². The van der Waals surface area contributed by atoms with Gasteiger partial charge in [-0.2, -0.15) is 5.10 Å². The van der Waals surface area contributed by atoms with Crippen molar-refractivity contribution in [1.29, 1.82) is 0 Å². The number of allylic oxidation sites excluding steroid dienone is 1. The number of hydrogen-bond acceptors (Lipinski definition) is 4. The van der Waals surface area contributed by atoms with E-state index >= 15 is 0 Å². The van der Waals surface area contributed by atoms with Crippen LogP contribution in [0.2, 0.25) is 0 Å². The van der Waals surface area contributed by atoms with Crippen molar-refractivity contribution in [2.75, 3.05) is 11.6 Å². The molecule has 4 heteroatoms. The molecule has 0 N–H and O–H groups in total. The van der Waals surface area contributed by atoms with Gasteiger partial charge in [-0.15, -0.1) is 0 Å². The zero-order chi connectivity index (χ0) is 25.8. The van der Waals surface area contributed by atoms with Gasteiger partial charge in [-0.3, -0.25) is 14.8 Å². The monoisotopic (exact) mass is 489 g/mol. The molecular formula is C33H35N3O. The van der Waals surface area contributed by atoms with Crippen molar-refractivity contribution in [1.82, 2.24) is 0 Å². The molecule has 0 radical (unpaired) electrons. The van der Waals surface area contributed by atoms with Gasteiger partial charge in [0.25, 0.3) is 0 Å². The molecule has 0 saturated heterocycles. The Morgan fingerprint density at radius 1 is 0.919 bits per heavy atom. The second kappa shape index (κ2) is 11.1.